The Morgan fingerprint density at radius 3 is 2.60 bits per heavy atom. The summed E-state index contributed by atoms with van der Waals surface area (Å²) in [4.78, 5) is 43.2. The quantitative estimate of drug-likeness (QED) is 0.462. The molecular weight excluding hydrogens is 528 g/mol. The van der Waals surface area contributed by atoms with Crippen LogP contribution in [0.15, 0.2) is 30.3 Å². The molecule has 9 heteroatoms. The van der Waals surface area contributed by atoms with E-state index in [1.165, 1.54) is 0 Å². The van der Waals surface area contributed by atoms with Gasteiger partial charge in [-0.2, -0.15) is 0 Å². The Morgan fingerprint density at radius 1 is 1.12 bits per heavy atom. The molecule has 0 spiro atoms. The lowest BCUT2D eigenvalue weighted by molar-refractivity contribution is -0.137. The summed E-state index contributed by atoms with van der Waals surface area (Å²) in [5.74, 6) is 1.07. The van der Waals surface area contributed by atoms with Gasteiger partial charge in [-0.05, 0) is 55.5 Å². The molecule has 2 aliphatic heterocycles. The lowest BCUT2D eigenvalue weighted by Gasteiger charge is -2.39. The van der Waals surface area contributed by atoms with Crippen LogP contribution in [0.2, 0.25) is 5.02 Å². The number of aryl methyl sites for hydroxylation is 1. The number of benzene rings is 2. The van der Waals surface area contributed by atoms with Gasteiger partial charge >= 0.3 is 0 Å². The second-order valence-electron chi connectivity index (χ2n) is 11.2. The van der Waals surface area contributed by atoms with Crippen molar-refractivity contribution in [1.29, 1.82) is 0 Å². The molecule has 1 saturated carbocycles. The Hall–Kier alpha value is -3.52. The normalized spacial score (nSPS) is 17.0. The Morgan fingerprint density at radius 2 is 1.90 bits per heavy atom. The van der Waals surface area contributed by atoms with Gasteiger partial charge in [-0.1, -0.05) is 30.7 Å². The van der Waals surface area contributed by atoms with Crippen LogP contribution in [-0.2, 0) is 29.1 Å². The highest BCUT2D eigenvalue weighted by Gasteiger charge is 2.38. The maximum Gasteiger partial charge on any atom is 0.256 e. The highest BCUT2D eigenvalue weighted by molar-refractivity contribution is 6.31. The smallest absolute Gasteiger partial charge is 0.256 e. The summed E-state index contributed by atoms with van der Waals surface area (Å²) >= 11 is 6.54. The molecule has 40 heavy (non-hydrogen) atoms. The number of methoxy groups -OCH3 is 1. The molecule has 3 aromatic rings. The number of carbonyl (C=O) groups is 3. The summed E-state index contributed by atoms with van der Waals surface area (Å²) in [6.07, 6.45) is 3.17. The van der Waals surface area contributed by atoms with E-state index in [0.29, 0.717) is 43.2 Å². The zero-order valence-electron chi connectivity index (χ0n) is 23.3. The minimum Gasteiger partial charge on any atom is -0.496 e. The highest BCUT2D eigenvalue weighted by atomic mass is 35.5. The van der Waals surface area contributed by atoms with E-state index in [1.807, 2.05) is 43.0 Å². The van der Waals surface area contributed by atoms with Crippen LogP contribution in [0.1, 0.15) is 64.8 Å². The van der Waals surface area contributed by atoms with Gasteiger partial charge in [0.05, 0.1) is 24.2 Å². The van der Waals surface area contributed by atoms with E-state index in [9.17, 15) is 14.4 Å². The van der Waals surface area contributed by atoms with Gasteiger partial charge in [-0.15, -0.1) is 0 Å². The molecule has 3 amide bonds. The fraction of sp³-hybridized carbons (Fsp3) is 0.452. The van der Waals surface area contributed by atoms with Crippen LogP contribution in [-0.4, -0.2) is 64.9 Å². The first-order chi connectivity index (χ1) is 19.3. The van der Waals surface area contributed by atoms with Crippen molar-refractivity contribution in [1.82, 2.24) is 19.7 Å². The van der Waals surface area contributed by atoms with E-state index in [0.717, 1.165) is 58.3 Å². The summed E-state index contributed by atoms with van der Waals surface area (Å²) < 4.78 is 7.61. The number of hydrogen-bond donors (Lipinski definition) is 1. The van der Waals surface area contributed by atoms with Crippen LogP contribution in [0.5, 0.6) is 5.75 Å². The van der Waals surface area contributed by atoms with Gasteiger partial charge in [-0.3, -0.25) is 14.4 Å². The Kier molecular flexibility index (Phi) is 6.98. The average Bonchev–Trinajstić information content (AvgIpc) is 3.71. The molecule has 0 atom stereocenters. The molecule has 1 N–H and O–H groups in total. The number of nitrogens with zero attached hydrogens (tertiary/aromatic N) is 3. The SMILES string of the molecule is CCC(=O)N1CC(NC(=O)Cn2c(C3CC3)c(C(=O)N3CCc4c(cccc4OC)C3)c3cc(Cl)cc(C)c32)C1. The number of carbonyl (C=O) groups excluding carboxylic acids is 3. The molecule has 3 aliphatic rings. The Labute approximate surface area is 239 Å². The third-order valence-corrected chi connectivity index (χ3v) is 8.68. The van der Waals surface area contributed by atoms with Crippen LogP contribution in [0.4, 0.5) is 0 Å². The predicted octanol–water partition coefficient (Wildman–Crippen LogP) is 4.42. The lowest BCUT2D eigenvalue weighted by atomic mass is 9.97. The fourth-order valence-corrected chi connectivity index (χ4v) is 6.63. The van der Waals surface area contributed by atoms with Crippen LogP contribution in [0, 0.1) is 6.92 Å². The van der Waals surface area contributed by atoms with Crippen molar-refractivity contribution in [2.75, 3.05) is 26.7 Å². The van der Waals surface area contributed by atoms with E-state index < -0.39 is 0 Å². The van der Waals surface area contributed by atoms with Crippen molar-refractivity contribution in [3.63, 3.8) is 0 Å². The van der Waals surface area contributed by atoms with E-state index in [-0.39, 0.29) is 36.2 Å². The number of hydrogen-bond acceptors (Lipinski definition) is 4. The zero-order chi connectivity index (χ0) is 28.1. The van der Waals surface area contributed by atoms with Crippen LogP contribution >= 0.6 is 11.6 Å². The highest BCUT2D eigenvalue weighted by Crippen LogP contribution is 2.46. The zero-order valence-corrected chi connectivity index (χ0v) is 24.0. The topological polar surface area (TPSA) is 83.9 Å². The number of rotatable bonds is 7. The molecule has 1 aliphatic carbocycles. The van der Waals surface area contributed by atoms with Gasteiger partial charge in [0.1, 0.15) is 12.3 Å². The van der Waals surface area contributed by atoms with Gasteiger partial charge in [0.25, 0.3) is 5.91 Å². The number of aromatic nitrogens is 1. The monoisotopic (exact) mass is 562 g/mol. The van der Waals surface area contributed by atoms with Gasteiger partial charge in [0, 0.05) is 60.2 Å². The first-order valence-corrected chi connectivity index (χ1v) is 14.5. The largest absolute Gasteiger partial charge is 0.496 e. The first-order valence-electron chi connectivity index (χ1n) is 14.1. The molecular formula is C31H35ClN4O4. The fourth-order valence-electron chi connectivity index (χ4n) is 6.36. The molecule has 8 nitrogen and oxygen atoms in total. The lowest BCUT2D eigenvalue weighted by Crippen LogP contribution is -2.61. The Balaban J connectivity index is 1.33. The number of nitrogens with one attached hydrogen (secondary N) is 1. The third kappa shape index (κ3) is 4.72. The standard InChI is InChI=1S/C31H35ClN4O4/c1-4-27(38)35-15-22(16-35)33-26(37)17-36-29-18(2)12-21(32)13-24(29)28(30(36)19-8-9-19)31(39)34-11-10-23-20(14-34)6-5-7-25(23)40-3/h5-7,12-13,19,22H,4,8-11,14-17H2,1-3H3,(H,33,37). The Bertz CT molecular complexity index is 1520. The first kappa shape index (κ1) is 26.7. The van der Waals surface area contributed by atoms with Crippen LogP contribution < -0.4 is 10.1 Å². The molecule has 0 bridgehead atoms. The predicted molar refractivity (Wildman–Crippen MR) is 154 cm³/mol. The number of amides is 3. The van der Waals surface area contributed by atoms with Gasteiger partial charge in [-0.25, -0.2) is 0 Å². The van der Waals surface area contributed by atoms with E-state index in [1.54, 1.807) is 12.0 Å². The summed E-state index contributed by atoms with van der Waals surface area (Å²) in [7, 11) is 1.68. The number of ether oxygens (including phenoxy) is 1. The molecule has 6 rings (SSSR count). The maximum absolute atomic E-state index is 14.3. The molecule has 210 valence electrons. The summed E-state index contributed by atoms with van der Waals surface area (Å²) in [6.45, 7) is 6.14. The van der Waals surface area contributed by atoms with Crippen LogP contribution in [0.25, 0.3) is 10.9 Å². The van der Waals surface area contributed by atoms with Gasteiger partial charge < -0.3 is 24.4 Å². The summed E-state index contributed by atoms with van der Waals surface area (Å²) in [5, 5.41) is 4.48. The third-order valence-electron chi connectivity index (χ3n) is 8.46. The van der Waals surface area contributed by atoms with Crippen molar-refractivity contribution < 1.29 is 19.1 Å². The molecule has 1 saturated heterocycles. The minimum absolute atomic E-state index is 0.0195. The van der Waals surface area contributed by atoms with E-state index in [2.05, 4.69) is 16.0 Å². The maximum atomic E-state index is 14.3. The van der Waals surface area contributed by atoms with Crippen molar-refractivity contribution in [3.8, 4) is 5.75 Å². The van der Waals surface area contributed by atoms with E-state index in [4.69, 9.17) is 16.3 Å². The molecule has 0 unspecified atom stereocenters. The molecule has 2 fully saturated rings. The summed E-state index contributed by atoms with van der Waals surface area (Å²) in [5.41, 5.74) is 5.69. The van der Waals surface area contributed by atoms with Crippen molar-refractivity contribution in [3.05, 3.63) is 63.3 Å². The van der Waals surface area contributed by atoms with Crippen LogP contribution in [0.3, 0.4) is 0 Å². The van der Waals surface area contributed by atoms with Crippen molar-refractivity contribution in [2.45, 2.75) is 64.6 Å². The number of halogens is 1. The van der Waals surface area contributed by atoms with Crippen molar-refractivity contribution in [2.24, 2.45) is 0 Å². The second-order valence-corrected chi connectivity index (χ2v) is 11.7. The molecule has 3 heterocycles. The van der Waals surface area contributed by atoms with E-state index >= 15 is 0 Å². The molecule has 0 radical (unpaired) electrons. The van der Waals surface area contributed by atoms with Crippen molar-refractivity contribution >= 4 is 40.2 Å². The van der Waals surface area contributed by atoms with Gasteiger partial charge in [0.15, 0.2) is 0 Å². The minimum atomic E-state index is -0.111. The second kappa shape index (κ2) is 10.5. The van der Waals surface area contributed by atoms with Gasteiger partial charge in [0.2, 0.25) is 11.8 Å². The number of likely N-dealkylation sites (tertiary alicyclic amines) is 1. The molecule has 1 aromatic heterocycles. The summed E-state index contributed by atoms with van der Waals surface area (Å²) in [6, 6.07) is 9.72. The average molecular weight is 563 g/mol. The molecule has 2 aromatic carbocycles. The number of fused-ring (bicyclic) bond motifs is 2.